The van der Waals surface area contributed by atoms with Gasteiger partial charge in [0, 0.05) is 13.1 Å². The molecule has 0 aliphatic heterocycles. The van der Waals surface area contributed by atoms with Gasteiger partial charge in [-0.2, -0.15) is 0 Å². The summed E-state index contributed by atoms with van der Waals surface area (Å²) in [5.41, 5.74) is 2.56. The number of carbonyl (C=O) groups is 1. The summed E-state index contributed by atoms with van der Waals surface area (Å²) >= 11 is 1.42. The van der Waals surface area contributed by atoms with Crippen LogP contribution in [0.5, 0.6) is 0 Å². The number of hydrogen-bond donors (Lipinski definition) is 0. The molecular weight excluding hydrogens is 294 g/mol. The average Bonchev–Trinajstić information content (AvgIpc) is 2.52. The van der Waals surface area contributed by atoms with E-state index in [1.165, 1.54) is 11.8 Å². The van der Waals surface area contributed by atoms with Crippen LogP contribution in [0.2, 0.25) is 0 Å². The fraction of sp³-hybridized carbons (Fsp3) is 0.235. The van der Waals surface area contributed by atoms with E-state index in [1.807, 2.05) is 31.2 Å². The molecule has 0 fully saturated rings. The van der Waals surface area contributed by atoms with Gasteiger partial charge in [0.25, 0.3) is 0 Å². The summed E-state index contributed by atoms with van der Waals surface area (Å²) in [6, 6.07) is 7.73. The van der Waals surface area contributed by atoms with Crippen molar-refractivity contribution >= 4 is 28.7 Å². The number of fused-ring (bicyclic) bond motifs is 1. The molecular formula is C17H19N3OS. The fourth-order valence-corrected chi connectivity index (χ4v) is 2.88. The SMILES string of the molecule is C=CCN(CC=C)C(=O)CSc1nc2ccccc2nc1C. The number of aryl methyl sites for hydroxylation is 1. The molecule has 0 saturated heterocycles. The van der Waals surface area contributed by atoms with Gasteiger partial charge in [0.05, 0.1) is 22.5 Å². The van der Waals surface area contributed by atoms with Crippen molar-refractivity contribution < 1.29 is 4.79 Å². The summed E-state index contributed by atoms with van der Waals surface area (Å²) in [4.78, 5) is 23.1. The highest BCUT2D eigenvalue weighted by atomic mass is 32.2. The first kappa shape index (κ1) is 16.2. The molecule has 114 valence electrons. The van der Waals surface area contributed by atoms with E-state index in [2.05, 4.69) is 23.1 Å². The Morgan fingerprint density at radius 2 is 1.77 bits per heavy atom. The van der Waals surface area contributed by atoms with E-state index in [9.17, 15) is 4.79 Å². The zero-order valence-corrected chi connectivity index (χ0v) is 13.5. The lowest BCUT2D eigenvalue weighted by Crippen LogP contribution is -2.32. The van der Waals surface area contributed by atoms with Gasteiger partial charge in [-0.25, -0.2) is 9.97 Å². The molecule has 1 aromatic carbocycles. The molecule has 0 N–H and O–H groups in total. The van der Waals surface area contributed by atoms with Gasteiger partial charge >= 0.3 is 0 Å². The molecule has 22 heavy (non-hydrogen) atoms. The molecule has 1 amide bonds. The molecule has 2 rings (SSSR count). The Labute approximate surface area is 135 Å². The smallest absolute Gasteiger partial charge is 0.233 e. The fourth-order valence-electron chi connectivity index (χ4n) is 2.02. The molecule has 0 aliphatic carbocycles. The predicted molar refractivity (Wildman–Crippen MR) is 92.0 cm³/mol. The monoisotopic (exact) mass is 313 g/mol. The van der Waals surface area contributed by atoms with E-state index in [0.29, 0.717) is 18.8 Å². The second-order valence-corrected chi connectivity index (χ2v) is 5.73. The number of benzene rings is 1. The lowest BCUT2D eigenvalue weighted by molar-refractivity contribution is -0.127. The minimum absolute atomic E-state index is 0.0409. The largest absolute Gasteiger partial charge is 0.335 e. The number of hydrogen-bond acceptors (Lipinski definition) is 4. The highest BCUT2D eigenvalue weighted by Crippen LogP contribution is 2.22. The number of thioether (sulfide) groups is 1. The van der Waals surface area contributed by atoms with Crippen molar-refractivity contribution in [1.29, 1.82) is 0 Å². The van der Waals surface area contributed by atoms with Gasteiger partial charge < -0.3 is 4.90 Å². The first-order valence-corrected chi connectivity index (χ1v) is 8.00. The third-order valence-electron chi connectivity index (χ3n) is 3.09. The number of aromatic nitrogens is 2. The third-order valence-corrected chi connectivity index (χ3v) is 4.14. The maximum absolute atomic E-state index is 12.2. The van der Waals surface area contributed by atoms with Crippen molar-refractivity contribution in [2.24, 2.45) is 0 Å². The normalized spacial score (nSPS) is 10.4. The lowest BCUT2D eigenvalue weighted by atomic mass is 10.3. The molecule has 0 unspecified atom stereocenters. The molecule has 4 nitrogen and oxygen atoms in total. The molecule has 1 heterocycles. The van der Waals surface area contributed by atoms with Gasteiger partial charge in [-0.3, -0.25) is 4.79 Å². The molecule has 0 spiro atoms. The van der Waals surface area contributed by atoms with Crippen molar-refractivity contribution in [3.05, 3.63) is 55.3 Å². The molecule has 0 saturated carbocycles. The minimum atomic E-state index is 0.0409. The first-order valence-electron chi connectivity index (χ1n) is 7.01. The van der Waals surface area contributed by atoms with Crippen LogP contribution in [0.25, 0.3) is 11.0 Å². The minimum Gasteiger partial charge on any atom is -0.335 e. The highest BCUT2D eigenvalue weighted by molar-refractivity contribution is 7.99. The van der Waals surface area contributed by atoms with Gasteiger partial charge in [0.15, 0.2) is 0 Å². The van der Waals surface area contributed by atoms with E-state index >= 15 is 0 Å². The van der Waals surface area contributed by atoms with Gasteiger partial charge in [-0.05, 0) is 19.1 Å². The third kappa shape index (κ3) is 3.95. The van der Waals surface area contributed by atoms with Gasteiger partial charge in [-0.15, -0.1) is 13.2 Å². The van der Waals surface area contributed by atoms with Crippen LogP contribution in [0.1, 0.15) is 5.69 Å². The molecule has 0 aliphatic rings. The Kier molecular flexibility index (Phi) is 5.72. The van der Waals surface area contributed by atoms with Crippen molar-refractivity contribution in [3.63, 3.8) is 0 Å². The van der Waals surface area contributed by atoms with Gasteiger partial charge in [-0.1, -0.05) is 36.0 Å². The molecule has 0 atom stereocenters. The second-order valence-electron chi connectivity index (χ2n) is 4.77. The average molecular weight is 313 g/mol. The number of carbonyl (C=O) groups excluding carboxylic acids is 1. The predicted octanol–water partition coefficient (Wildman–Crippen LogP) is 3.23. The Bertz CT molecular complexity index is 689. The van der Waals surface area contributed by atoms with Crippen LogP contribution in [0.4, 0.5) is 0 Å². The van der Waals surface area contributed by atoms with Crippen LogP contribution in [-0.4, -0.2) is 39.6 Å². The van der Waals surface area contributed by atoms with Crippen molar-refractivity contribution in [1.82, 2.24) is 14.9 Å². The molecule has 2 aromatic rings. The van der Waals surface area contributed by atoms with Crippen LogP contribution >= 0.6 is 11.8 Å². The molecule has 1 aromatic heterocycles. The van der Waals surface area contributed by atoms with Gasteiger partial charge in [0.1, 0.15) is 5.03 Å². The topological polar surface area (TPSA) is 46.1 Å². The number of para-hydroxylation sites is 2. The Balaban J connectivity index is 2.10. The van der Waals surface area contributed by atoms with Crippen LogP contribution < -0.4 is 0 Å². The summed E-state index contributed by atoms with van der Waals surface area (Å²) in [6.07, 6.45) is 3.43. The van der Waals surface area contributed by atoms with E-state index < -0.39 is 0 Å². The quantitative estimate of drug-likeness (QED) is 0.581. The van der Waals surface area contributed by atoms with Crippen molar-refractivity contribution in [2.45, 2.75) is 11.9 Å². The maximum atomic E-state index is 12.2. The Morgan fingerprint density at radius 1 is 1.18 bits per heavy atom. The Morgan fingerprint density at radius 3 is 2.36 bits per heavy atom. The van der Waals surface area contributed by atoms with Crippen molar-refractivity contribution in [2.75, 3.05) is 18.8 Å². The zero-order valence-electron chi connectivity index (χ0n) is 12.7. The lowest BCUT2D eigenvalue weighted by Gasteiger charge is -2.19. The number of amides is 1. The van der Waals surface area contributed by atoms with Crippen LogP contribution in [0.15, 0.2) is 54.6 Å². The summed E-state index contributed by atoms with van der Waals surface area (Å²) in [5.74, 6) is 0.370. The summed E-state index contributed by atoms with van der Waals surface area (Å²) < 4.78 is 0. The van der Waals surface area contributed by atoms with Crippen LogP contribution in [0.3, 0.4) is 0 Å². The Hall–Kier alpha value is -2.14. The van der Waals surface area contributed by atoms with Gasteiger partial charge in [0.2, 0.25) is 5.91 Å². The van der Waals surface area contributed by atoms with Crippen molar-refractivity contribution in [3.8, 4) is 0 Å². The van der Waals surface area contributed by atoms with E-state index in [4.69, 9.17) is 0 Å². The summed E-state index contributed by atoms with van der Waals surface area (Å²) in [7, 11) is 0. The molecule has 0 bridgehead atoms. The second kappa shape index (κ2) is 7.75. The molecule has 5 heteroatoms. The highest BCUT2D eigenvalue weighted by Gasteiger charge is 2.13. The summed E-state index contributed by atoms with van der Waals surface area (Å²) in [6.45, 7) is 10.3. The number of rotatable bonds is 7. The van der Waals surface area contributed by atoms with E-state index in [1.54, 1.807) is 17.1 Å². The number of nitrogens with zero attached hydrogens (tertiary/aromatic N) is 3. The van der Waals surface area contributed by atoms with E-state index in [-0.39, 0.29) is 5.91 Å². The summed E-state index contributed by atoms with van der Waals surface area (Å²) in [5, 5.41) is 0.796. The van der Waals surface area contributed by atoms with E-state index in [0.717, 1.165) is 21.8 Å². The first-order chi connectivity index (χ1) is 10.7. The molecule has 0 radical (unpaired) electrons. The zero-order chi connectivity index (χ0) is 15.9. The maximum Gasteiger partial charge on any atom is 0.233 e. The standard InChI is InChI=1S/C17H19N3OS/c1-4-10-20(11-5-2)16(21)12-22-17-13(3)18-14-8-6-7-9-15(14)19-17/h4-9H,1-2,10-12H2,3H3. The van der Waals surface area contributed by atoms with Crippen LogP contribution in [-0.2, 0) is 4.79 Å². The van der Waals surface area contributed by atoms with Crippen LogP contribution in [0, 0.1) is 6.92 Å².